The minimum Gasteiger partial charge on any atom is -0.492 e. The predicted molar refractivity (Wildman–Crippen MR) is 95.4 cm³/mol. The van der Waals surface area contributed by atoms with E-state index in [1.54, 1.807) is 13.3 Å². The molecule has 0 amide bonds. The van der Waals surface area contributed by atoms with E-state index in [2.05, 4.69) is 22.1 Å². The first-order valence-electron chi connectivity index (χ1n) is 8.55. The zero-order valence-electron chi connectivity index (χ0n) is 14.8. The highest BCUT2D eigenvalue weighted by Crippen LogP contribution is 2.50. The minimum absolute atomic E-state index is 0.0175. The molecule has 0 fully saturated rings. The van der Waals surface area contributed by atoms with Crippen LogP contribution in [0.15, 0.2) is 35.6 Å². The standard InChI is InChI=1S/C19H21N3O4/c1-22-8-6-12-9-16-18(26-11-25-16)19(24-2)17(12)15(22)10-14(21-23)13-5-3-4-7-20-13/h3-5,7,9,15,23H,6,8,10-11H2,1-2H3. The number of ether oxygens (including phenoxy) is 3. The molecule has 136 valence electrons. The van der Waals surface area contributed by atoms with Crippen molar-refractivity contribution in [1.29, 1.82) is 0 Å². The number of methoxy groups -OCH3 is 1. The highest BCUT2D eigenvalue weighted by Gasteiger charge is 2.34. The Morgan fingerprint density at radius 1 is 1.42 bits per heavy atom. The molecule has 0 aliphatic carbocycles. The summed E-state index contributed by atoms with van der Waals surface area (Å²) < 4.78 is 16.9. The smallest absolute Gasteiger partial charge is 0.231 e. The number of oxime groups is 1. The van der Waals surface area contributed by atoms with Crippen molar-refractivity contribution in [2.24, 2.45) is 5.16 Å². The van der Waals surface area contributed by atoms with E-state index < -0.39 is 0 Å². The van der Waals surface area contributed by atoms with E-state index in [0.717, 1.165) is 24.3 Å². The van der Waals surface area contributed by atoms with Crippen LogP contribution in [0, 0.1) is 0 Å². The van der Waals surface area contributed by atoms with Crippen molar-refractivity contribution >= 4 is 5.71 Å². The van der Waals surface area contributed by atoms with Crippen molar-refractivity contribution in [2.75, 3.05) is 27.5 Å². The van der Waals surface area contributed by atoms with Crippen LogP contribution in [-0.2, 0) is 6.42 Å². The van der Waals surface area contributed by atoms with Gasteiger partial charge in [0, 0.05) is 30.8 Å². The lowest BCUT2D eigenvalue weighted by Crippen LogP contribution is -2.34. The van der Waals surface area contributed by atoms with Gasteiger partial charge in [0.25, 0.3) is 0 Å². The summed E-state index contributed by atoms with van der Waals surface area (Å²) in [5, 5.41) is 13.1. The van der Waals surface area contributed by atoms with Gasteiger partial charge < -0.3 is 19.4 Å². The monoisotopic (exact) mass is 355 g/mol. The zero-order valence-corrected chi connectivity index (χ0v) is 14.8. The molecule has 0 spiro atoms. The molecule has 0 bridgehead atoms. The van der Waals surface area contributed by atoms with Crippen LogP contribution in [0.2, 0.25) is 0 Å². The number of fused-ring (bicyclic) bond motifs is 2. The van der Waals surface area contributed by atoms with Crippen molar-refractivity contribution in [1.82, 2.24) is 9.88 Å². The first kappa shape index (κ1) is 16.7. The summed E-state index contributed by atoms with van der Waals surface area (Å²) in [4.78, 5) is 6.55. The highest BCUT2D eigenvalue weighted by atomic mass is 16.7. The topological polar surface area (TPSA) is 76.4 Å². The predicted octanol–water partition coefficient (Wildman–Crippen LogP) is 2.62. The van der Waals surface area contributed by atoms with Gasteiger partial charge >= 0.3 is 0 Å². The molecular weight excluding hydrogens is 334 g/mol. The van der Waals surface area contributed by atoms with E-state index in [4.69, 9.17) is 14.2 Å². The Morgan fingerprint density at radius 3 is 3.04 bits per heavy atom. The number of nitrogens with zero attached hydrogens (tertiary/aromatic N) is 3. The van der Waals surface area contributed by atoms with Crippen LogP contribution < -0.4 is 14.2 Å². The van der Waals surface area contributed by atoms with Gasteiger partial charge in [0.1, 0.15) is 5.71 Å². The van der Waals surface area contributed by atoms with E-state index >= 15 is 0 Å². The third-order valence-electron chi connectivity index (χ3n) is 5.01. The summed E-state index contributed by atoms with van der Waals surface area (Å²) in [5.74, 6) is 2.07. The number of aromatic nitrogens is 1. The summed E-state index contributed by atoms with van der Waals surface area (Å²) in [5.41, 5.74) is 3.43. The van der Waals surface area contributed by atoms with Gasteiger partial charge in [0.05, 0.1) is 12.8 Å². The van der Waals surface area contributed by atoms with Gasteiger partial charge in [-0.05, 0) is 37.2 Å². The molecule has 2 aliphatic heterocycles. The highest BCUT2D eigenvalue weighted by molar-refractivity contribution is 5.99. The van der Waals surface area contributed by atoms with Crippen LogP contribution in [0.4, 0.5) is 0 Å². The van der Waals surface area contributed by atoms with Crippen LogP contribution in [-0.4, -0.2) is 48.3 Å². The van der Waals surface area contributed by atoms with Gasteiger partial charge in [-0.25, -0.2) is 0 Å². The summed E-state index contributed by atoms with van der Waals surface area (Å²) in [6, 6.07) is 7.58. The molecule has 0 saturated carbocycles. The quantitative estimate of drug-likeness (QED) is 0.516. The fourth-order valence-electron chi connectivity index (χ4n) is 3.70. The van der Waals surface area contributed by atoms with Crippen molar-refractivity contribution in [3.8, 4) is 17.2 Å². The summed E-state index contributed by atoms with van der Waals surface area (Å²) in [6.45, 7) is 1.09. The average Bonchev–Trinajstić information content (AvgIpc) is 3.14. The fourth-order valence-corrected chi connectivity index (χ4v) is 3.70. The normalized spacial score (nSPS) is 19.3. The molecule has 1 aromatic carbocycles. The number of likely N-dealkylation sites (N-methyl/N-ethyl adjacent to an activating group) is 1. The van der Waals surface area contributed by atoms with E-state index in [0.29, 0.717) is 29.3 Å². The number of hydrogen-bond donors (Lipinski definition) is 1. The van der Waals surface area contributed by atoms with Crippen LogP contribution in [0.1, 0.15) is 29.3 Å². The molecule has 7 heteroatoms. The number of pyridine rings is 1. The number of hydrogen-bond acceptors (Lipinski definition) is 7. The number of rotatable bonds is 4. The molecule has 1 aromatic heterocycles. The Hall–Kier alpha value is -2.80. The maximum atomic E-state index is 9.58. The van der Waals surface area contributed by atoms with Gasteiger partial charge in [0.15, 0.2) is 11.5 Å². The molecule has 2 aromatic rings. The van der Waals surface area contributed by atoms with E-state index in [1.165, 1.54) is 5.56 Å². The van der Waals surface area contributed by atoms with Crippen LogP contribution in [0.25, 0.3) is 0 Å². The molecule has 1 atom stereocenters. The Labute approximate surface area is 151 Å². The molecule has 0 radical (unpaired) electrons. The Bertz CT molecular complexity index is 838. The molecule has 1 unspecified atom stereocenters. The van der Waals surface area contributed by atoms with Gasteiger partial charge in [-0.1, -0.05) is 11.2 Å². The lowest BCUT2D eigenvalue weighted by atomic mass is 9.88. The van der Waals surface area contributed by atoms with E-state index in [9.17, 15) is 5.21 Å². The molecule has 26 heavy (non-hydrogen) atoms. The Morgan fingerprint density at radius 2 is 2.31 bits per heavy atom. The maximum Gasteiger partial charge on any atom is 0.231 e. The van der Waals surface area contributed by atoms with Crippen molar-refractivity contribution < 1.29 is 19.4 Å². The van der Waals surface area contributed by atoms with E-state index in [-0.39, 0.29) is 12.8 Å². The van der Waals surface area contributed by atoms with E-state index in [1.807, 2.05) is 24.3 Å². The second kappa shape index (κ2) is 6.84. The molecule has 3 heterocycles. The SMILES string of the molecule is COc1c2c(cc3c1C(CC(=NO)c1ccccn1)N(C)CC3)OCO2. The third kappa shape index (κ3) is 2.74. The molecule has 1 N–H and O–H groups in total. The van der Waals surface area contributed by atoms with Crippen LogP contribution in [0.5, 0.6) is 17.2 Å². The molecule has 4 rings (SSSR count). The molecule has 2 aliphatic rings. The third-order valence-corrected chi connectivity index (χ3v) is 5.01. The maximum absolute atomic E-state index is 9.58. The first-order chi connectivity index (χ1) is 12.7. The average molecular weight is 355 g/mol. The summed E-state index contributed by atoms with van der Waals surface area (Å²) in [6.07, 6.45) is 3.09. The zero-order chi connectivity index (χ0) is 18.1. The van der Waals surface area contributed by atoms with Gasteiger partial charge in [-0.3, -0.25) is 9.88 Å². The first-order valence-corrected chi connectivity index (χ1v) is 8.55. The lowest BCUT2D eigenvalue weighted by molar-refractivity contribution is 0.170. The Balaban J connectivity index is 1.76. The fraction of sp³-hybridized carbons (Fsp3) is 0.368. The molecule has 0 saturated heterocycles. The second-order valence-electron chi connectivity index (χ2n) is 6.43. The molecular formula is C19H21N3O4. The lowest BCUT2D eigenvalue weighted by Gasteiger charge is -2.35. The molecule has 7 nitrogen and oxygen atoms in total. The summed E-state index contributed by atoms with van der Waals surface area (Å²) in [7, 11) is 3.70. The van der Waals surface area contributed by atoms with Gasteiger partial charge in [0.2, 0.25) is 12.5 Å². The van der Waals surface area contributed by atoms with Crippen molar-refractivity contribution in [2.45, 2.75) is 18.9 Å². The summed E-state index contributed by atoms with van der Waals surface area (Å²) >= 11 is 0. The number of benzene rings is 1. The van der Waals surface area contributed by atoms with Gasteiger partial charge in [-0.2, -0.15) is 0 Å². The van der Waals surface area contributed by atoms with Gasteiger partial charge in [-0.15, -0.1) is 0 Å². The van der Waals surface area contributed by atoms with Crippen LogP contribution in [0.3, 0.4) is 0 Å². The van der Waals surface area contributed by atoms with Crippen molar-refractivity contribution in [3.63, 3.8) is 0 Å². The Kier molecular flexibility index (Phi) is 4.38. The van der Waals surface area contributed by atoms with Crippen molar-refractivity contribution in [3.05, 3.63) is 47.3 Å². The second-order valence-corrected chi connectivity index (χ2v) is 6.43. The minimum atomic E-state index is -0.0175. The van der Waals surface area contributed by atoms with Crippen LogP contribution >= 0.6 is 0 Å². The largest absolute Gasteiger partial charge is 0.492 e.